The summed E-state index contributed by atoms with van der Waals surface area (Å²) in [5.41, 5.74) is 0. The average molecular weight is 199 g/mol. The van der Waals surface area contributed by atoms with Gasteiger partial charge in [-0.05, 0) is 33.1 Å². The fraction of sp³-hybridized carbons (Fsp3) is 1.00. The first-order chi connectivity index (χ1) is 6.75. The molecule has 1 heterocycles. The Kier molecular flexibility index (Phi) is 3.42. The Labute approximate surface area is 86.2 Å². The predicted molar refractivity (Wildman–Crippen MR) is 55.4 cm³/mol. The van der Waals surface area contributed by atoms with E-state index in [1.807, 2.05) is 0 Å². The summed E-state index contributed by atoms with van der Waals surface area (Å²) in [6.45, 7) is 5.81. The predicted octanol–water partition coefficient (Wildman–Crippen LogP) is 1.32. The molecule has 0 bridgehead atoms. The first-order valence-corrected chi connectivity index (χ1v) is 5.76. The molecule has 1 saturated carbocycles. The molecule has 14 heavy (non-hydrogen) atoms. The van der Waals surface area contributed by atoms with Crippen molar-refractivity contribution in [3.63, 3.8) is 0 Å². The molecule has 2 fully saturated rings. The highest BCUT2D eigenvalue weighted by molar-refractivity contribution is 4.89. The van der Waals surface area contributed by atoms with E-state index in [1.54, 1.807) is 0 Å². The molecule has 0 unspecified atom stereocenters. The zero-order valence-corrected chi connectivity index (χ0v) is 9.16. The van der Waals surface area contributed by atoms with Gasteiger partial charge in [-0.1, -0.05) is 0 Å². The van der Waals surface area contributed by atoms with Gasteiger partial charge in [0.05, 0.1) is 24.9 Å². The van der Waals surface area contributed by atoms with Crippen molar-refractivity contribution in [2.75, 3.05) is 13.2 Å². The summed E-state index contributed by atoms with van der Waals surface area (Å²) in [6.07, 6.45) is 4.82. The second-order valence-corrected chi connectivity index (χ2v) is 4.62. The zero-order chi connectivity index (χ0) is 9.97. The number of fused-ring (bicyclic) bond motifs is 1. The first-order valence-electron chi connectivity index (χ1n) is 5.76. The lowest BCUT2D eigenvalue weighted by molar-refractivity contribution is -0.0945. The molecule has 1 saturated heterocycles. The Hall–Kier alpha value is -0.120. The molecule has 1 N–H and O–H groups in total. The van der Waals surface area contributed by atoms with Crippen molar-refractivity contribution < 1.29 is 9.47 Å². The number of morpholine rings is 1. The van der Waals surface area contributed by atoms with Crippen molar-refractivity contribution in [3.05, 3.63) is 0 Å². The third-order valence-corrected chi connectivity index (χ3v) is 3.04. The number of nitrogens with one attached hydrogen (secondary N) is 1. The Morgan fingerprint density at radius 3 is 3.07 bits per heavy atom. The lowest BCUT2D eigenvalue weighted by Gasteiger charge is -2.33. The van der Waals surface area contributed by atoms with E-state index in [0.29, 0.717) is 18.2 Å². The van der Waals surface area contributed by atoms with Crippen LogP contribution in [0.1, 0.15) is 33.1 Å². The average Bonchev–Trinajstić information content (AvgIpc) is 2.61. The molecule has 2 aliphatic rings. The standard InChI is InChI=1S/C11H21NO2/c1-8(2)13-7-9-6-12-10-4-3-5-11(10)14-9/h8-12H,3-7H2,1-2H3/t9-,10-,11+/m1/s1. The van der Waals surface area contributed by atoms with Crippen LogP contribution in [0.3, 0.4) is 0 Å². The number of rotatable bonds is 3. The maximum Gasteiger partial charge on any atom is 0.0937 e. The second-order valence-electron chi connectivity index (χ2n) is 4.62. The van der Waals surface area contributed by atoms with E-state index < -0.39 is 0 Å². The van der Waals surface area contributed by atoms with Gasteiger partial charge in [0.25, 0.3) is 0 Å². The van der Waals surface area contributed by atoms with Crippen LogP contribution in [0.25, 0.3) is 0 Å². The molecule has 0 spiro atoms. The highest BCUT2D eigenvalue weighted by atomic mass is 16.5. The SMILES string of the molecule is CC(C)OC[C@H]1CN[C@@H]2CCC[C@@H]2O1. The Bertz CT molecular complexity index is 184. The van der Waals surface area contributed by atoms with Crippen LogP contribution < -0.4 is 5.32 Å². The van der Waals surface area contributed by atoms with Crippen LogP contribution in [0.5, 0.6) is 0 Å². The van der Waals surface area contributed by atoms with Gasteiger partial charge < -0.3 is 14.8 Å². The van der Waals surface area contributed by atoms with Crippen LogP contribution in [0.2, 0.25) is 0 Å². The van der Waals surface area contributed by atoms with Crippen molar-refractivity contribution in [2.24, 2.45) is 0 Å². The topological polar surface area (TPSA) is 30.5 Å². The Morgan fingerprint density at radius 1 is 1.43 bits per heavy atom. The summed E-state index contributed by atoms with van der Waals surface area (Å²) < 4.78 is 11.5. The van der Waals surface area contributed by atoms with Crippen LogP contribution in [0, 0.1) is 0 Å². The molecule has 1 aliphatic heterocycles. The molecule has 1 aliphatic carbocycles. The summed E-state index contributed by atoms with van der Waals surface area (Å²) in [4.78, 5) is 0. The van der Waals surface area contributed by atoms with Crippen LogP contribution in [0.15, 0.2) is 0 Å². The van der Waals surface area contributed by atoms with Crippen molar-refractivity contribution in [1.82, 2.24) is 5.32 Å². The third kappa shape index (κ3) is 2.47. The third-order valence-electron chi connectivity index (χ3n) is 3.04. The normalized spacial score (nSPS) is 37.5. The van der Waals surface area contributed by atoms with Gasteiger partial charge in [0.1, 0.15) is 0 Å². The Morgan fingerprint density at radius 2 is 2.29 bits per heavy atom. The zero-order valence-electron chi connectivity index (χ0n) is 9.16. The molecule has 3 atom stereocenters. The van der Waals surface area contributed by atoms with Crippen LogP contribution in [-0.4, -0.2) is 37.5 Å². The minimum absolute atomic E-state index is 0.261. The van der Waals surface area contributed by atoms with Crippen molar-refractivity contribution in [1.29, 1.82) is 0 Å². The minimum atomic E-state index is 0.261. The van der Waals surface area contributed by atoms with Gasteiger partial charge in [0.15, 0.2) is 0 Å². The van der Waals surface area contributed by atoms with Crippen LogP contribution in [-0.2, 0) is 9.47 Å². The van der Waals surface area contributed by atoms with E-state index in [-0.39, 0.29) is 6.10 Å². The lowest BCUT2D eigenvalue weighted by Crippen LogP contribution is -2.51. The summed E-state index contributed by atoms with van der Waals surface area (Å²) in [6, 6.07) is 0.616. The monoisotopic (exact) mass is 199 g/mol. The summed E-state index contributed by atoms with van der Waals surface area (Å²) in [5.74, 6) is 0. The van der Waals surface area contributed by atoms with E-state index in [2.05, 4.69) is 19.2 Å². The number of ether oxygens (including phenoxy) is 2. The van der Waals surface area contributed by atoms with Crippen LogP contribution >= 0.6 is 0 Å². The van der Waals surface area contributed by atoms with Gasteiger partial charge in [-0.3, -0.25) is 0 Å². The minimum Gasteiger partial charge on any atom is -0.376 e. The van der Waals surface area contributed by atoms with E-state index in [4.69, 9.17) is 9.47 Å². The largest absolute Gasteiger partial charge is 0.376 e. The molecule has 0 aromatic carbocycles. The lowest BCUT2D eigenvalue weighted by atomic mass is 10.1. The van der Waals surface area contributed by atoms with Crippen molar-refractivity contribution in [2.45, 2.75) is 57.5 Å². The van der Waals surface area contributed by atoms with E-state index in [0.717, 1.165) is 13.2 Å². The summed E-state index contributed by atoms with van der Waals surface area (Å²) in [7, 11) is 0. The molecular formula is C11H21NO2. The molecule has 0 radical (unpaired) electrons. The van der Waals surface area contributed by atoms with E-state index >= 15 is 0 Å². The summed E-state index contributed by atoms with van der Waals surface area (Å²) in [5, 5.41) is 3.55. The Balaban J connectivity index is 1.74. The fourth-order valence-electron chi connectivity index (χ4n) is 2.30. The van der Waals surface area contributed by atoms with Gasteiger partial charge in [-0.2, -0.15) is 0 Å². The van der Waals surface area contributed by atoms with Gasteiger partial charge in [-0.15, -0.1) is 0 Å². The molecule has 3 nitrogen and oxygen atoms in total. The highest BCUT2D eigenvalue weighted by Crippen LogP contribution is 2.26. The van der Waals surface area contributed by atoms with E-state index in [9.17, 15) is 0 Å². The quantitative estimate of drug-likeness (QED) is 0.743. The van der Waals surface area contributed by atoms with Gasteiger partial charge in [-0.25, -0.2) is 0 Å². The second kappa shape index (κ2) is 4.60. The molecule has 0 aromatic heterocycles. The van der Waals surface area contributed by atoms with Gasteiger partial charge in [0.2, 0.25) is 0 Å². The highest BCUT2D eigenvalue weighted by Gasteiger charge is 2.34. The summed E-state index contributed by atoms with van der Waals surface area (Å²) >= 11 is 0. The molecule has 3 heteroatoms. The first kappa shape index (κ1) is 10.4. The number of hydrogen-bond donors (Lipinski definition) is 1. The van der Waals surface area contributed by atoms with Crippen molar-refractivity contribution >= 4 is 0 Å². The van der Waals surface area contributed by atoms with Crippen molar-refractivity contribution in [3.8, 4) is 0 Å². The molecule has 2 rings (SSSR count). The molecular weight excluding hydrogens is 178 g/mol. The molecule has 0 amide bonds. The fourth-order valence-corrected chi connectivity index (χ4v) is 2.30. The van der Waals surface area contributed by atoms with Gasteiger partial charge >= 0.3 is 0 Å². The maximum absolute atomic E-state index is 5.97. The molecule has 0 aromatic rings. The maximum atomic E-state index is 5.97. The van der Waals surface area contributed by atoms with E-state index in [1.165, 1.54) is 19.3 Å². The molecule has 82 valence electrons. The van der Waals surface area contributed by atoms with Crippen LogP contribution in [0.4, 0.5) is 0 Å². The smallest absolute Gasteiger partial charge is 0.0937 e. The number of hydrogen-bond acceptors (Lipinski definition) is 3. The van der Waals surface area contributed by atoms with Gasteiger partial charge in [0, 0.05) is 12.6 Å².